The molecule has 1 unspecified atom stereocenters. The van der Waals surface area contributed by atoms with E-state index in [0.717, 1.165) is 12.1 Å². The first kappa shape index (κ1) is 18.9. The fourth-order valence-electron chi connectivity index (χ4n) is 3.06. The van der Waals surface area contributed by atoms with Gasteiger partial charge in [-0.05, 0) is 35.6 Å². The summed E-state index contributed by atoms with van der Waals surface area (Å²) >= 11 is 7.64. The topological polar surface area (TPSA) is 61.4 Å². The van der Waals surface area contributed by atoms with E-state index in [4.69, 9.17) is 11.6 Å². The Morgan fingerprint density at radius 3 is 3.00 bits per heavy atom. The molecule has 0 radical (unpaired) electrons. The highest BCUT2D eigenvalue weighted by Gasteiger charge is 2.31. The summed E-state index contributed by atoms with van der Waals surface area (Å²) in [5, 5.41) is 8.49. The number of nitrogens with one attached hydrogen (secondary N) is 2. The van der Waals surface area contributed by atoms with Crippen molar-refractivity contribution in [3.8, 4) is 0 Å². The number of carbonyl (C=O) groups excluding carboxylic acids is 2. The molecule has 26 heavy (non-hydrogen) atoms. The van der Waals surface area contributed by atoms with E-state index in [2.05, 4.69) is 21.6 Å². The van der Waals surface area contributed by atoms with Crippen molar-refractivity contribution in [2.45, 2.75) is 25.4 Å². The zero-order chi connectivity index (χ0) is 18.4. The van der Waals surface area contributed by atoms with Crippen LogP contribution >= 0.6 is 22.9 Å². The number of carbonyl (C=O) groups is 2. The van der Waals surface area contributed by atoms with Gasteiger partial charge in [0.25, 0.3) is 0 Å². The maximum atomic E-state index is 12.3. The summed E-state index contributed by atoms with van der Waals surface area (Å²) < 4.78 is 0. The Morgan fingerprint density at radius 2 is 2.23 bits per heavy atom. The molecule has 1 saturated heterocycles. The molecule has 0 bridgehead atoms. The number of thiophene rings is 1. The number of benzene rings is 1. The lowest BCUT2D eigenvalue weighted by Gasteiger charge is -2.34. The maximum Gasteiger partial charge on any atom is 0.237 e. The lowest BCUT2D eigenvalue weighted by Crippen LogP contribution is -2.56. The van der Waals surface area contributed by atoms with Gasteiger partial charge in [0.05, 0.1) is 12.5 Å². The van der Waals surface area contributed by atoms with Crippen LogP contribution in [0.5, 0.6) is 0 Å². The summed E-state index contributed by atoms with van der Waals surface area (Å²) in [5.41, 5.74) is 1.08. The minimum Gasteiger partial charge on any atom is -0.356 e. The second-order valence-corrected chi connectivity index (χ2v) is 7.76. The second-order valence-electron chi connectivity index (χ2n) is 6.29. The Kier molecular flexibility index (Phi) is 6.66. The molecule has 1 aliphatic heterocycles. The van der Waals surface area contributed by atoms with Crippen molar-refractivity contribution in [1.82, 2.24) is 15.5 Å². The van der Waals surface area contributed by atoms with Crippen LogP contribution in [0.25, 0.3) is 0 Å². The normalized spacial score (nSPS) is 17.7. The lowest BCUT2D eigenvalue weighted by molar-refractivity contribution is -0.134. The molecule has 2 amide bonds. The average Bonchev–Trinajstić information content (AvgIpc) is 3.11. The number of piperazine rings is 1. The van der Waals surface area contributed by atoms with Crippen LogP contribution in [0.2, 0.25) is 5.02 Å². The quantitative estimate of drug-likeness (QED) is 0.762. The molecule has 2 N–H and O–H groups in total. The van der Waals surface area contributed by atoms with Gasteiger partial charge in [-0.15, -0.1) is 11.3 Å². The summed E-state index contributed by atoms with van der Waals surface area (Å²) in [6.45, 7) is 2.60. The minimum absolute atomic E-state index is 0.0715. The predicted molar refractivity (Wildman–Crippen MR) is 104 cm³/mol. The highest BCUT2D eigenvalue weighted by Crippen LogP contribution is 2.17. The SMILES string of the molecule is O=C(CC1C(=O)NCCN1Cc1cccs1)NCCc1cccc(Cl)c1. The average molecular weight is 392 g/mol. The van der Waals surface area contributed by atoms with E-state index in [1.54, 1.807) is 11.3 Å². The van der Waals surface area contributed by atoms with E-state index < -0.39 is 6.04 Å². The Balaban J connectivity index is 1.51. The minimum atomic E-state index is -0.419. The lowest BCUT2D eigenvalue weighted by atomic mass is 10.1. The molecule has 3 rings (SSSR count). The summed E-state index contributed by atoms with van der Waals surface area (Å²) in [6.07, 6.45) is 0.884. The van der Waals surface area contributed by atoms with Gasteiger partial charge >= 0.3 is 0 Å². The van der Waals surface area contributed by atoms with E-state index in [-0.39, 0.29) is 18.2 Å². The maximum absolute atomic E-state index is 12.3. The van der Waals surface area contributed by atoms with Gasteiger partial charge in [0, 0.05) is 36.1 Å². The Morgan fingerprint density at radius 1 is 1.35 bits per heavy atom. The predicted octanol–water partition coefficient (Wildman–Crippen LogP) is 2.45. The highest BCUT2D eigenvalue weighted by molar-refractivity contribution is 7.09. The van der Waals surface area contributed by atoms with Gasteiger partial charge in [-0.2, -0.15) is 0 Å². The van der Waals surface area contributed by atoms with Crippen molar-refractivity contribution in [3.63, 3.8) is 0 Å². The standard InChI is InChI=1S/C19H22ClN3O2S/c20-15-4-1-3-14(11-15)6-7-21-18(24)12-17-19(25)22-8-9-23(17)13-16-5-2-10-26-16/h1-5,10-11,17H,6-9,12-13H2,(H,21,24)(H,22,25). The third kappa shape index (κ3) is 5.30. The Labute approximate surface area is 162 Å². The van der Waals surface area contributed by atoms with Gasteiger partial charge in [-0.3, -0.25) is 14.5 Å². The molecule has 1 aromatic carbocycles. The zero-order valence-corrected chi connectivity index (χ0v) is 16.0. The zero-order valence-electron chi connectivity index (χ0n) is 14.4. The summed E-state index contributed by atoms with van der Waals surface area (Å²) in [7, 11) is 0. The third-order valence-corrected chi connectivity index (χ3v) is 5.48. The van der Waals surface area contributed by atoms with E-state index >= 15 is 0 Å². The second kappa shape index (κ2) is 9.16. The van der Waals surface area contributed by atoms with Gasteiger partial charge in [-0.1, -0.05) is 29.8 Å². The van der Waals surface area contributed by atoms with Crippen LogP contribution < -0.4 is 10.6 Å². The van der Waals surface area contributed by atoms with Crippen LogP contribution in [-0.4, -0.2) is 42.4 Å². The molecule has 1 aromatic heterocycles. The molecule has 0 spiro atoms. The first-order valence-corrected chi connectivity index (χ1v) is 9.93. The van der Waals surface area contributed by atoms with Gasteiger partial charge in [-0.25, -0.2) is 0 Å². The van der Waals surface area contributed by atoms with Crippen LogP contribution in [0.15, 0.2) is 41.8 Å². The van der Waals surface area contributed by atoms with Gasteiger partial charge < -0.3 is 10.6 Å². The molecule has 7 heteroatoms. The smallest absolute Gasteiger partial charge is 0.237 e. The highest BCUT2D eigenvalue weighted by atomic mass is 35.5. The number of rotatable bonds is 7. The van der Waals surface area contributed by atoms with Crippen LogP contribution in [0.3, 0.4) is 0 Å². The molecule has 138 valence electrons. The number of nitrogens with zero attached hydrogens (tertiary/aromatic N) is 1. The van der Waals surface area contributed by atoms with Crippen molar-refractivity contribution in [2.24, 2.45) is 0 Å². The van der Waals surface area contributed by atoms with Crippen LogP contribution in [0, 0.1) is 0 Å². The fourth-order valence-corrected chi connectivity index (χ4v) is 4.00. The molecule has 0 saturated carbocycles. The van der Waals surface area contributed by atoms with Crippen molar-refractivity contribution in [3.05, 3.63) is 57.2 Å². The Bertz CT molecular complexity index is 751. The van der Waals surface area contributed by atoms with Crippen molar-refractivity contribution < 1.29 is 9.59 Å². The molecule has 1 atom stereocenters. The van der Waals surface area contributed by atoms with Crippen LogP contribution in [-0.2, 0) is 22.6 Å². The molecule has 1 aliphatic rings. The van der Waals surface area contributed by atoms with Gasteiger partial charge in [0.2, 0.25) is 11.8 Å². The van der Waals surface area contributed by atoms with E-state index in [0.29, 0.717) is 31.1 Å². The summed E-state index contributed by atoms with van der Waals surface area (Å²) in [4.78, 5) is 27.9. The number of halogens is 1. The van der Waals surface area contributed by atoms with E-state index in [1.165, 1.54) is 4.88 Å². The Hall–Kier alpha value is -1.89. The van der Waals surface area contributed by atoms with E-state index in [9.17, 15) is 9.59 Å². The monoisotopic (exact) mass is 391 g/mol. The third-order valence-electron chi connectivity index (χ3n) is 4.38. The van der Waals surface area contributed by atoms with Crippen molar-refractivity contribution in [2.75, 3.05) is 19.6 Å². The molecular weight excluding hydrogens is 370 g/mol. The number of hydrogen-bond donors (Lipinski definition) is 2. The van der Waals surface area contributed by atoms with E-state index in [1.807, 2.05) is 35.7 Å². The molecule has 0 aliphatic carbocycles. The van der Waals surface area contributed by atoms with Gasteiger partial charge in [0.15, 0.2) is 0 Å². The first-order valence-electron chi connectivity index (χ1n) is 8.67. The number of amides is 2. The van der Waals surface area contributed by atoms with Gasteiger partial charge in [0.1, 0.15) is 0 Å². The molecular formula is C19H22ClN3O2S. The van der Waals surface area contributed by atoms with Crippen molar-refractivity contribution >= 4 is 34.8 Å². The molecule has 2 aromatic rings. The number of hydrogen-bond acceptors (Lipinski definition) is 4. The molecule has 1 fully saturated rings. The van der Waals surface area contributed by atoms with Crippen molar-refractivity contribution in [1.29, 1.82) is 0 Å². The van der Waals surface area contributed by atoms with Crippen LogP contribution in [0.1, 0.15) is 16.9 Å². The summed E-state index contributed by atoms with van der Waals surface area (Å²) in [5.74, 6) is -0.178. The van der Waals surface area contributed by atoms with Crippen LogP contribution in [0.4, 0.5) is 0 Å². The molecule has 5 nitrogen and oxygen atoms in total. The largest absolute Gasteiger partial charge is 0.356 e. The fraction of sp³-hybridized carbons (Fsp3) is 0.368. The molecule has 2 heterocycles. The first-order chi connectivity index (χ1) is 12.6. The summed E-state index contributed by atoms with van der Waals surface area (Å²) in [6, 6.07) is 11.2.